The first-order valence-electron chi connectivity index (χ1n) is 11.8. The van der Waals surface area contributed by atoms with Crippen molar-refractivity contribution in [1.29, 1.82) is 0 Å². The highest BCUT2D eigenvalue weighted by atomic mass is 16.5. The first-order chi connectivity index (χ1) is 16.6. The number of carboxylic acids is 1. The van der Waals surface area contributed by atoms with Crippen LogP contribution in [0.5, 0.6) is 0 Å². The molecule has 7 nitrogen and oxygen atoms in total. The number of hydrogen-bond donors (Lipinski definition) is 4. The summed E-state index contributed by atoms with van der Waals surface area (Å²) in [6, 6.07) is 22.8. The number of aliphatic carboxylic acids is 1. The smallest absolute Gasteiger partial charge is 0.311 e. The summed E-state index contributed by atoms with van der Waals surface area (Å²) in [5.74, 6) is -0.161. The van der Waals surface area contributed by atoms with Crippen molar-refractivity contribution in [3.63, 3.8) is 0 Å². The van der Waals surface area contributed by atoms with E-state index in [0.717, 1.165) is 35.7 Å². The minimum atomic E-state index is -0.799. The van der Waals surface area contributed by atoms with Crippen LogP contribution in [0, 0.1) is 5.92 Å². The van der Waals surface area contributed by atoms with E-state index in [9.17, 15) is 9.90 Å². The molecule has 2 aromatic carbocycles. The van der Waals surface area contributed by atoms with Crippen LogP contribution in [0.15, 0.2) is 72.9 Å². The van der Waals surface area contributed by atoms with Gasteiger partial charge in [-0.15, -0.1) is 0 Å². The maximum absolute atomic E-state index is 11.4. The lowest BCUT2D eigenvalue weighted by Crippen LogP contribution is -2.45. The van der Waals surface area contributed by atoms with Gasteiger partial charge in [0.05, 0.1) is 30.5 Å². The molecule has 2 unspecified atom stereocenters. The summed E-state index contributed by atoms with van der Waals surface area (Å²) in [5, 5.41) is 20.3. The Morgan fingerprint density at radius 3 is 2.74 bits per heavy atom. The van der Waals surface area contributed by atoms with E-state index in [1.165, 1.54) is 5.56 Å². The number of carboxylic acid groups (broad SMARTS) is 1. The molecular formula is C27H30N4O3. The number of nitrogens with one attached hydrogen (secondary N) is 3. The molecule has 0 spiro atoms. The number of carbonyl (C=O) groups is 1. The van der Waals surface area contributed by atoms with Gasteiger partial charge in [-0.05, 0) is 34.7 Å². The van der Waals surface area contributed by atoms with Gasteiger partial charge >= 0.3 is 5.97 Å². The summed E-state index contributed by atoms with van der Waals surface area (Å²) in [4.78, 5) is 15.9. The minimum Gasteiger partial charge on any atom is -0.481 e. The Labute approximate surface area is 199 Å². The number of ether oxygens (including phenoxy) is 1. The van der Waals surface area contributed by atoms with Gasteiger partial charge in [-0.1, -0.05) is 61.5 Å². The Balaban J connectivity index is 1.30. The number of anilines is 2. The predicted molar refractivity (Wildman–Crippen MR) is 132 cm³/mol. The standard InChI is InChI=1S/C27H30N4O3/c1-17(19-9-5-10-20(13-19)25-21(16-34-25)27(32)33)14-30-24(18-7-3-2-4-8-18)23-15-29-22-11-6-12-28-26(22)31-23/h2-13,17,21,23-25,29-30H,14-16H2,1H3,(H,28,31)(H,32,33)/t17-,21?,23-,24-,25?/m1/s1. The second-order valence-electron chi connectivity index (χ2n) is 9.10. The maximum atomic E-state index is 11.4. The molecular weight excluding hydrogens is 428 g/mol. The van der Waals surface area contributed by atoms with Crippen LogP contribution in [0.25, 0.3) is 0 Å². The third-order valence-electron chi connectivity index (χ3n) is 6.79. The van der Waals surface area contributed by atoms with Crippen molar-refractivity contribution in [3.05, 3.63) is 89.6 Å². The SMILES string of the molecule is C[C@H](CN[C@H](c1ccccc1)[C@H]1CNc2cccnc2N1)c1cccc(C2OCC2C(=O)O)c1. The highest BCUT2D eigenvalue weighted by molar-refractivity contribution is 5.72. The average molecular weight is 459 g/mol. The van der Waals surface area contributed by atoms with Crippen molar-refractivity contribution < 1.29 is 14.6 Å². The lowest BCUT2D eigenvalue weighted by molar-refractivity contribution is -0.174. The lowest BCUT2D eigenvalue weighted by Gasteiger charge is -2.35. The predicted octanol–water partition coefficient (Wildman–Crippen LogP) is 4.19. The molecule has 0 saturated carbocycles. The second-order valence-corrected chi connectivity index (χ2v) is 9.10. The fraction of sp³-hybridized carbons (Fsp3) is 0.333. The monoisotopic (exact) mass is 458 g/mol. The Morgan fingerprint density at radius 1 is 1.15 bits per heavy atom. The summed E-state index contributed by atoms with van der Waals surface area (Å²) in [5.41, 5.74) is 4.34. The first kappa shape index (κ1) is 22.4. The average Bonchev–Trinajstić information content (AvgIpc) is 2.84. The van der Waals surface area contributed by atoms with Crippen LogP contribution in [0.1, 0.15) is 41.7 Å². The molecule has 7 heteroatoms. The van der Waals surface area contributed by atoms with E-state index >= 15 is 0 Å². The zero-order chi connectivity index (χ0) is 23.5. The number of nitrogens with zero attached hydrogens (tertiary/aromatic N) is 1. The molecule has 0 bridgehead atoms. The van der Waals surface area contributed by atoms with Crippen molar-refractivity contribution in [2.24, 2.45) is 5.92 Å². The Hall–Kier alpha value is -3.42. The number of hydrogen-bond acceptors (Lipinski definition) is 6. The van der Waals surface area contributed by atoms with Crippen LogP contribution in [-0.4, -0.2) is 41.8 Å². The van der Waals surface area contributed by atoms with Crippen LogP contribution in [-0.2, 0) is 9.53 Å². The number of rotatable bonds is 8. The van der Waals surface area contributed by atoms with Gasteiger partial charge < -0.3 is 25.8 Å². The van der Waals surface area contributed by atoms with E-state index in [1.54, 1.807) is 6.20 Å². The molecule has 34 heavy (non-hydrogen) atoms. The third kappa shape index (κ3) is 4.62. The minimum absolute atomic E-state index is 0.0841. The molecule has 3 heterocycles. The Bertz CT molecular complexity index is 1140. The number of aromatic nitrogens is 1. The van der Waals surface area contributed by atoms with Crippen molar-refractivity contribution in [2.45, 2.75) is 31.0 Å². The third-order valence-corrected chi connectivity index (χ3v) is 6.79. The summed E-state index contributed by atoms with van der Waals surface area (Å²) in [6.07, 6.45) is 1.44. The van der Waals surface area contributed by atoms with E-state index in [0.29, 0.717) is 0 Å². The molecule has 176 valence electrons. The maximum Gasteiger partial charge on any atom is 0.311 e. The quantitative estimate of drug-likeness (QED) is 0.402. The summed E-state index contributed by atoms with van der Waals surface area (Å²) < 4.78 is 5.57. The van der Waals surface area contributed by atoms with Crippen molar-refractivity contribution in [2.75, 3.05) is 30.3 Å². The first-order valence-corrected chi connectivity index (χ1v) is 11.8. The summed E-state index contributed by atoms with van der Waals surface area (Å²) in [7, 11) is 0. The molecule has 0 radical (unpaired) electrons. The van der Waals surface area contributed by atoms with Crippen LogP contribution < -0.4 is 16.0 Å². The van der Waals surface area contributed by atoms with Crippen molar-refractivity contribution >= 4 is 17.5 Å². The van der Waals surface area contributed by atoms with E-state index in [4.69, 9.17) is 4.74 Å². The molecule has 3 aromatic rings. The number of fused-ring (bicyclic) bond motifs is 1. The van der Waals surface area contributed by atoms with E-state index in [-0.39, 0.29) is 30.7 Å². The number of pyridine rings is 1. The number of benzene rings is 2. The Kier molecular flexibility index (Phi) is 6.47. The van der Waals surface area contributed by atoms with Gasteiger partial charge in [0, 0.05) is 19.3 Å². The highest BCUT2D eigenvalue weighted by Gasteiger charge is 2.39. The van der Waals surface area contributed by atoms with Crippen LogP contribution in [0.4, 0.5) is 11.5 Å². The largest absolute Gasteiger partial charge is 0.481 e. The van der Waals surface area contributed by atoms with Gasteiger partial charge in [0.2, 0.25) is 0 Å². The zero-order valence-electron chi connectivity index (χ0n) is 19.1. The van der Waals surface area contributed by atoms with Crippen molar-refractivity contribution in [1.82, 2.24) is 10.3 Å². The fourth-order valence-corrected chi connectivity index (χ4v) is 4.75. The second kappa shape index (κ2) is 9.83. The van der Waals surface area contributed by atoms with Crippen LogP contribution >= 0.6 is 0 Å². The van der Waals surface area contributed by atoms with Crippen molar-refractivity contribution in [3.8, 4) is 0 Å². The molecule has 0 amide bonds. The van der Waals surface area contributed by atoms with Gasteiger partial charge in [0.1, 0.15) is 11.7 Å². The fourth-order valence-electron chi connectivity index (χ4n) is 4.75. The summed E-state index contributed by atoms with van der Waals surface area (Å²) >= 11 is 0. The molecule has 1 aromatic heterocycles. The normalized spacial score (nSPS) is 22.9. The van der Waals surface area contributed by atoms with E-state index in [1.807, 2.05) is 30.3 Å². The van der Waals surface area contributed by atoms with E-state index < -0.39 is 11.9 Å². The molecule has 5 atom stereocenters. The molecule has 4 N–H and O–H groups in total. The zero-order valence-corrected chi connectivity index (χ0v) is 19.1. The molecule has 5 rings (SSSR count). The summed E-state index contributed by atoms with van der Waals surface area (Å²) in [6.45, 7) is 4.02. The Morgan fingerprint density at radius 2 is 1.97 bits per heavy atom. The van der Waals surface area contributed by atoms with Crippen LogP contribution in [0.3, 0.4) is 0 Å². The molecule has 1 fully saturated rings. The van der Waals surface area contributed by atoms with Gasteiger partial charge in [0.15, 0.2) is 0 Å². The van der Waals surface area contributed by atoms with Crippen LogP contribution in [0.2, 0.25) is 0 Å². The molecule has 2 aliphatic heterocycles. The highest BCUT2D eigenvalue weighted by Crippen LogP contribution is 2.36. The lowest BCUT2D eigenvalue weighted by atomic mass is 9.89. The molecule has 2 aliphatic rings. The molecule has 1 saturated heterocycles. The van der Waals surface area contributed by atoms with Gasteiger partial charge in [-0.25, -0.2) is 4.98 Å². The topological polar surface area (TPSA) is 95.5 Å². The van der Waals surface area contributed by atoms with Gasteiger partial charge in [-0.3, -0.25) is 4.79 Å². The molecule has 0 aliphatic carbocycles. The van der Waals surface area contributed by atoms with Gasteiger partial charge in [0.25, 0.3) is 0 Å². The van der Waals surface area contributed by atoms with Gasteiger partial charge in [-0.2, -0.15) is 0 Å². The van der Waals surface area contributed by atoms with E-state index in [2.05, 4.69) is 64.3 Å².